The van der Waals surface area contributed by atoms with Crippen LogP contribution in [0.3, 0.4) is 0 Å². The molecular formula is C15H24ClN3O4S2. The van der Waals surface area contributed by atoms with E-state index in [1.807, 2.05) is 0 Å². The van der Waals surface area contributed by atoms with Gasteiger partial charge in [0.1, 0.15) is 9.77 Å². The molecule has 1 amide bonds. The molecule has 1 saturated heterocycles. The number of nitrogens with zero attached hydrogens (tertiary/aromatic N) is 1. The van der Waals surface area contributed by atoms with E-state index in [0.29, 0.717) is 32.8 Å². The zero-order chi connectivity index (χ0) is 17.2. The summed E-state index contributed by atoms with van der Waals surface area (Å²) in [5, 5.41) is 4.63. The number of sulfonamides is 1. The lowest BCUT2D eigenvalue weighted by Gasteiger charge is -2.26. The van der Waals surface area contributed by atoms with Crippen LogP contribution in [0.5, 0.6) is 0 Å². The number of rotatable bonds is 5. The fourth-order valence-electron chi connectivity index (χ4n) is 3.34. The van der Waals surface area contributed by atoms with E-state index in [0.717, 1.165) is 30.6 Å². The minimum absolute atomic E-state index is 0. The molecule has 2 heterocycles. The van der Waals surface area contributed by atoms with Crippen LogP contribution in [-0.2, 0) is 14.8 Å². The van der Waals surface area contributed by atoms with Gasteiger partial charge in [0, 0.05) is 19.1 Å². The molecule has 10 heteroatoms. The Balaban J connectivity index is 0.00000225. The van der Waals surface area contributed by atoms with Gasteiger partial charge in [-0.05, 0) is 36.8 Å². The summed E-state index contributed by atoms with van der Waals surface area (Å²) in [6, 6.07) is 1.54. The third-order valence-corrected chi connectivity index (χ3v) is 7.68. The Kier molecular flexibility index (Phi) is 7.24. The van der Waals surface area contributed by atoms with Crippen molar-refractivity contribution in [3.63, 3.8) is 0 Å². The van der Waals surface area contributed by atoms with Gasteiger partial charge < -0.3 is 15.8 Å². The highest BCUT2D eigenvalue weighted by atomic mass is 35.5. The van der Waals surface area contributed by atoms with Crippen molar-refractivity contribution in [2.24, 2.45) is 11.7 Å². The molecule has 0 bridgehead atoms. The quantitative estimate of drug-likeness (QED) is 0.756. The number of thiophene rings is 1. The molecule has 0 aromatic carbocycles. The second-order valence-electron chi connectivity index (χ2n) is 6.14. The van der Waals surface area contributed by atoms with E-state index >= 15 is 0 Å². The number of hydrogen-bond acceptors (Lipinski definition) is 6. The molecule has 0 radical (unpaired) electrons. The number of ether oxygens (including phenoxy) is 1. The summed E-state index contributed by atoms with van der Waals surface area (Å²) >= 11 is 1.16. The van der Waals surface area contributed by atoms with Crippen molar-refractivity contribution in [1.82, 2.24) is 9.62 Å². The van der Waals surface area contributed by atoms with E-state index in [-0.39, 0.29) is 40.0 Å². The van der Waals surface area contributed by atoms with Crippen LogP contribution in [0.15, 0.2) is 16.3 Å². The van der Waals surface area contributed by atoms with Gasteiger partial charge in [0.25, 0.3) is 5.91 Å². The van der Waals surface area contributed by atoms with E-state index in [1.54, 1.807) is 5.38 Å². The molecular weight excluding hydrogens is 386 g/mol. The van der Waals surface area contributed by atoms with Crippen molar-refractivity contribution in [2.45, 2.75) is 30.2 Å². The van der Waals surface area contributed by atoms with Crippen LogP contribution in [0.25, 0.3) is 0 Å². The molecule has 1 aromatic rings. The average Bonchev–Trinajstić information content (AvgIpc) is 3.24. The lowest BCUT2D eigenvalue weighted by Crippen LogP contribution is -2.42. The molecule has 3 N–H and O–H groups in total. The summed E-state index contributed by atoms with van der Waals surface area (Å²) < 4.78 is 32.2. The standard InChI is InChI=1S/C15H23N3O4S2.ClH/c16-10-11-2-1-3-12(11)17-15(19)14-13(4-9-23-14)24(20,21)18-5-7-22-8-6-18;/h4,9,11-12H,1-3,5-8,10,16H2,(H,17,19);1H. The van der Waals surface area contributed by atoms with E-state index in [2.05, 4.69) is 5.32 Å². The fourth-order valence-corrected chi connectivity index (χ4v) is 6.05. The first-order chi connectivity index (χ1) is 11.5. The highest BCUT2D eigenvalue weighted by Crippen LogP contribution is 2.28. The van der Waals surface area contributed by atoms with E-state index < -0.39 is 10.0 Å². The lowest BCUT2D eigenvalue weighted by atomic mass is 10.0. The van der Waals surface area contributed by atoms with Gasteiger partial charge in [0.2, 0.25) is 10.0 Å². The van der Waals surface area contributed by atoms with Crippen LogP contribution in [0.4, 0.5) is 0 Å². The first-order valence-electron chi connectivity index (χ1n) is 8.20. The number of carbonyl (C=O) groups excluding carboxylic acids is 1. The summed E-state index contributed by atoms with van der Waals surface area (Å²) in [6.07, 6.45) is 2.94. The van der Waals surface area contributed by atoms with E-state index in [1.165, 1.54) is 10.4 Å². The highest BCUT2D eigenvalue weighted by molar-refractivity contribution is 7.89. The predicted molar refractivity (Wildman–Crippen MR) is 98.8 cm³/mol. The summed E-state index contributed by atoms with van der Waals surface area (Å²) in [5.74, 6) is -0.0459. The third kappa shape index (κ3) is 4.35. The zero-order valence-electron chi connectivity index (χ0n) is 13.8. The van der Waals surface area contributed by atoms with Crippen molar-refractivity contribution >= 4 is 39.7 Å². The van der Waals surface area contributed by atoms with E-state index in [9.17, 15) is 13.2 Å². The minimum Gasteiger partial charge on any atom is -0.379 e. The Bertz CT molecular complexity index is 689. The molecule has 1 aromatic heterocycles. The number of nitrogens with one attached hydrogen (secondary N) is 1. The molecule has 1 aliphatic heterocycles. The number of nitrogens with two attached hydrogens (primary N) is 1. The zero-order valence-corrected chi connectivity index (χ0v) is 16.3. The van der Waals surface area contributed by atoms with Crippen molar-refractivity contribution in [3.05, 3.63) is 16.3 Å². The molecule has 3 rings (SSSR count). The fraction of sp³-hybridized carbons (Fsp3) is 0.667. The summed E-state index contributed by atoms with van der Waals surface area (Å²) in [5.41, 5.74) is 5.75. The number of halogens is 1. The van der Waals surface area contributed by atoms with Gasteiger partial charge in [0.15, 0.2) is 0 Å². The maximum Gasteiger partial charge on any atom is 0.262 e. The van der Waals surface area contributed by atoms with E-state index in [4.69, 9.17) is 10.5 Å². The van der Waals surface area contributed by atoms with Crippen LogP contribution in [0.1, 0.15) is 28.9 Å². The summed E-state index contributed by atoms with van der Waals surface area (Å²) in [4.78, 5) is 13.0. The Labute approximate surface area is 158 Å². The second kappa shape index (κ2) is 8.79. The van der Waals surface area contributed by atoms with Crippen LogP contribution >= 0.6 is 23.7 Å². The molecule has 2 unspecified atom stereocenters. The average molecular weight is 410 g/mol. The topological polar surface area (TPSA) is 102 Å². The van der Waals surface area contributed by atoms with Gasteiger partial charge >= 0.3 is 0 Å². The predicted octanol–water partition coefficient (Wildman–Crippen LogP) is 1.05. The molecule has 2 aliphatic rings. The van der Waals surface area contributed by atoms with Crippen LogP contribution < -0.4 is 11.1 Å². The van der Waals surface area contributed by atoms with Gasteiger partial charge in [0.05, 0.1) is 13.2 Å². The lowest BCUT2D eigenvalue weighted by molar-refractivity contribution is 0.0730. The molecule has 0 spiro atoms. The molecule has 2 atom stereocenters. The molecule has 25 heavy (non-hydrogen) atoms. The summed E-state index contributed by atoms with van der Waals surface area (Å²) in [7, 11) is -3.67. The SMILES string of the molecule is Cl.NCC1CCCC1NC(=O)c1sccc1S(=O)(=O)N1CCOCC1. The number of morpholine rings is 1. The Hall–Kier alpha value is -0.710. The van der Waals surface area contributed by atoms with Gasteiger partial charge in [-0.2, -0.15) is 4.31 Å². The smallest absolute Gasteiger partial charge is 0.262 e. The van der Waals surface area contributed by atoms with Gasteiger partial charge in [-0.25, -0.2) is 8.42 Å². The molecule has 7 nitrogen and oxygen atoms in total. The second-order valence-corrected chi connectivity index (χ2v) is 8.96. The Morgan fingerprint density at radius 3 is 2.76 bits per heavy atom. The van der Waals surface area contributed by atoms with Gasteiger partial charge in [-0.1, -0.05) is 6.42 Å². The number of carbonyl (C=O) groups is 1. The van der Waals surface area contributed by atoms with Crippen molar-refractivity contribution in [2.75, 3.05) is 32.8 Å². The first-order valence-corrected chi connectivity index (χ1v) is 10.5. The first kappa shape index (κ1) is 20.6. The Morgan fingerprint density at radius 2 is 2.08 bits per heavy atom. The van der Waals surface area contributed by atoms with Gasteiger partial charge in [-0.3, -0.25) is 4.79 Å². The molecule has 1 aliphatic carbocycles. The largest absolute Gasteiger partial charge is 0.379 e. The number of amides is 1. The van der Waals surface area contributed by atoms with Crippen molar-refractivity contribution < 1.29 is 17.9 Å². The van der Waals surface area contributed by atoms with Crippen LogP contribution in [0, 0.1) is 5.92 Å². The highest BCUT2D eigenvalue weighted by Gasteiger charge is 2.33. The van der Waals surface area contributed by atoms with Crippen molar-refractivity contribution in [3.8, 4) is 0 Å². The maximum atomic E-state index is 12.8. The monoisotopic (exact) mass is 409 g/mol. The summed E-state index contributed by atoms with van der Waals surface area (Å²) in [6.45, 7) is 1.93. The molecule has 1 saturated carbocycles. The van der Waals surface area contributed by atoms with Crippen LogP contribution in [0.2, 0.25) is 0 Å². The van der Waals surface area contributed by atoms with Gasteiger partial charge in [-0.15, -0.1) is 23.7 Å². The molecule has 142 valence electrons. The minimum atomic E-state index is -3.67. The Morgan fingerprint density at radius 1 is 1.36 bits per heavy atom. The number of hydrogen-bond donors (Lipinski definition) is 2. The normalized spacial score (nSPS) is 24.7. The van der Waals surface area contributed by atoms with Crippen LogP contribution in [-0.4, -0.2) is 57.5 Å². The maximum absolute atomic E-state index is 12.8. The molecule has 2 fully saturated rings. The van der Waals surface area contributed by atoms with Crippen molar-refractivity contribution in [1.29, 1.82) is 0 Å². The third-order valence-electron chi connectivity index (χ3n) is 4.70.